The first kappa shape index (κ1) is 15.0. The summed E-state index contributed by atoms with van der Waals surface area (Å²) in [6.45, 7) is 2.13. The number of nitrogens with zero attached hydrogens (tertiary/aromatic N) is 1. The minimum atomic E-state index is -1.06. The zero-order valence-electron chi connectivity index (χ0n) is 11.8. The Labute approximate surface area is 122 Å². The monoisotopic (exact) mass is 291 g/mol. The van der Waals surface area contributed by atoms with Crippen molar-refractivity contribution < 1.29 is 24.0 Å². The van der Waals surface area contributed by atoms with Crippen LogP contribution < -0.4 is 0 Å². The highest BCUT2D eigenvalue weighted by atomic mass is 16.8. The first-order valence-electron chi connectivity index (χ1n) is 6.88. The molecule has 6 nitrogen and oxygen atoms in total. The number of aryl methyl sites for hydroxylation is 1. The molecule has 21 heavy (non-hydrogen) atoms. The molecule has 0 atom stereocenters. The van der Waals surface area contributed by atoms with Crippen LogP contribution in [0, 0.1) is 0 Å². The number of benzene rings is 1. The fourth-order valence-electron chi connectivity index (χ4n) is 1.99. The van der Waals surface area contributed by atoms with Crippen LogP contribution in [0.3, 0.4) is 0 Å². The van der Waals surface area contributed by atoms with Gasteiger partial charge in [-0.15, -0.1) is 0 Å². The lowest BCUT2D eigenvalue weighted by atomic mass is 10.1. The van der Waals surface area contributed by atoms with Crippen molar-refractivity contribution in [3.05, 3.63) is 35.4 Å². The summed E-state index contributed by atoms with van der Waals surface area (Å²) in [4.78, 5) is 38.6. The molecule has 1 aromatic rings. The number of amides is 2. The van der Waals surface area contributed by atoms with E-state index in [4.69, 9.17) is 4.74 Å². The highest BCUT2D eigenvalue weighted by Gasteiger charge is 2.33. The molecule has 1 fully saturated rings. The van der Waals surface area contributed by atoms with Crippen molar-refractivity contribution in [1.29, 1.82) is 0 Å². The van der Waals surface area contributed by atoms with E-state index in [-0.39, 0.29) is 19.4 Å². The van der Waals surface area contributed by atoms with Gasteiger partial charge in [0.2, 0.25) is 0 Å². The smallest absolute Gasteiger partial charge is 0.428 e. The first-order valence-corrected chi connectivity index (χ1v) is 6.88. The third kappa shape index (κ3) is 4.05. The molecular formula is C15H17NO5. The van der Waals surface area contributed by atoms with Crippen molar-refractivity contribution >= 4 is 18.0 Å². The number of carbonyl (C=O) groups excluding carboxylic acids is 3. The average molecular weight is 291 g/mol. The van der Waals surface area contributed by atoms with Crippen LogP contribution in [-0.2, 0) is 32.2 Å². The summed E-state index contributed by atoms with van der Waals surface area (Å²) < 4.78 is 4.88. The Hall–Kier alpha value is -2.37. The van der Waals surface area contributed by atoms with Gasteiger partial charge in [-0.25, -0.2) is 4.79 Å². The lowest BCUT2D eigenvalue weighted by Crippen LogP contribution is -2.32. The number of hydrogen-bond acceptors (Lipinski definition) is 5. The molecular weight excluding hydrogens is 274 g/mol. The Morgan fingerprint density at radius 1 is 1.10 bits per heavy atom. The van der Waals surface area contributed by atoms with Crippen LogP contribution in [0.2, 0.25) is 0 Å². The van der Waals surface area contributed by atoms with E-state index >= 15 is 0 Å². The first-order chi connectivity index (χ1) is 10.1. The van der Waals surface area contributed by atoms with E-state index in [1.54, 1.807) is 0 Å². The standard InChI is InChI=1S/C15H17NO5/c1-2-3-11-4-6-12(7-5-11)10-20-15(19)21-16-13(17)8-9-14(16)18/h4-7H,2-3,8-10H2,1H3. The van der Waals surface area contributed by atoms with Crippen molar-refractivity contribution in [2.24, 2.45) is 0 Å². The minimum absolute atomic E-state index is 0.0292. The number of imide groups is 1. The second-order valence-electron chi connectivity index (χ2n) is 4.78. The van der Waals surface area contributed by atoms with Gasteiger partial charge in [-0.1, -0.05) is 42.7 Å². The Kier molecular flexibility index (Phi) is 4.92. The third-order valence-electron chi connectivity index (χ3n) is 3.09. The van der Waals surface area contributed by atoms with Crippen molar-refractivity contribution in [2.45, 2.75) is 39.2 Å². The summed E-state index contributed by atoms with van der Waals surface area (Å²) in [7, 11) is 0. The molecule has 6 heteroatoms. The number of carbonyl (C=O) groups is 3. The molecule has 2 rings (SSSR count). The van der Waals surface area contributed by atoms with Gasteiger partial charge in [-0.3, -0.25) is 14.4 Å². The molecule has 2 amide bonds. The zero-order valence-corrected chi connectivity index (χ0v) is 11.8. The van der Waals surface area contributed by atoms with Crippen LogP contribution >= 0.6 is 0 Å². The lowest BCUT2D eigenvalue weighted by molar-refractivity contribution is -0.177. The molecule has 112 valence electrons. The lowest BCUT2D eigenvalue weighted by Gasteiger charge is -2.12. The van der Waals surface area contributed by atoms with Gasteiger partial charge in [0.15, 0.2) is 0 Å². The van der Waals surface area contributed by atoms with Crippen LogP contribution in [0.5, 0.6) is 0 Å². The van der Waals surface area contributed by atoms with Crippen LogP contribution in [0.25, 0.3) is 0 Å². The Morgan fingerprint density at radius 2 is 1.67 bits per heavy atom. The van der Waals surface area contributed by atoms with Crippen LogP contribution in [0.4, 0.5) is 4.79 Å². The SMILES string of the molecule is CCCc1ccc(COC(=O)ON2C(=O)CCC2=O)cc1. The summed E-state index contributed by atoms with van der Waals surface area (Å²) >= 11 is 0. The second kappa shape index (κ2) is 6.88. The quantitative estimate of drug-likeness (QED) is 0.615. The van der Waals surface area contributed by atoms with Gasteiger partial charge in [-0.05, 0) is 17.5 Å². The Morgan fingerprint density at radius 3 is 2.24 bits per heavy atom. The maximum absolute atomic E-state index is 11.4. The number of hydrogen-bond donors (Lipinski definition) is 0. The van der Waals surface area contributed by atoms with Crippen LogP contribution in [0.1, 0.15) is 37.3 Å². The Balaban J connectivity index is 1.81. The normalized spacial score (nSPS) is 14.4. The largest absolute Gasteiger partial charge is 0.534 e. The highest BCUT2D eigenvalue weighted by Crippen LogP contribution is 2.13. The predicted octanol–water partition coefficient (Wildman–Crippen LogP) is 2.36. The average Bonchev–Trinajstić information content (AvgIpc) is 2.79. The summed E-state index contributed by atoms with van der Waals surface area (Å²) in [6.07, 6.45) is 1.13. The highest BCUT2D eigenvalue weighted by molar-refractivity contribution is 6.01. The van der Waals surface area contributed by atoms with E-state index in [2.05, 4.69) is 11.8 Å². The summed E-state index contributed by atoms with van der Waals surface area (Å²) in [6, 6.07) is 7.68. The van der Waals surface area contributed by atoms with Crippen molar-refractivity contribution in [3.8, 4) is 0 Å². The van der Waals surface area contributed by atoms with Crippen molar-refractivity contribution in [1.82, 2.24) is 5.06 Å². The fourth-order valence-corrected chi connectivity index (χ4v) is 1.99. The molecule has 0 unspecified atom stereocenters. The van der Waals surface area contributed by atoms with E-state index in [1.165, 1.54) is 5.56 Å². The zero-order chi connectivity index (χ0) is 15.2. The van der Waals surface area contributed by atoms with Gasteiger partial charge >= 0.3 is 6.16 Å². The maximum atomic E-state index is 11.4. The molecule has 0 saturated carbocycles. The molecule has 0 aliphatic carbocycles. The summed E-state index contributed by atoms with van der Waals surface area (Å²) in [5.41, 5.74) is 2.03. The van der Waals surface area contributed by atoms with E-state index in [0.717, 1.165) is 18.4 Å². The Bertz CT molecular complexity index is 521. The second-order valence-corrected chi connectivity index (χ2v) is 4.78. The molecule has 0 N–H and O–H groups in total. The van der Waals surface area contributed by atoms with Gasteiger partial charge in [0, 0.05) is 12.8 Å². The van der Waals surface area contributed by atoms with Crippen LogP contribution in [0.15, 0.2) is 24.3 Å². The van der Waals surface area contributed by atoms with E-state index in [9.17, 15) is 14.4 Å². The molecule has 1 aliphatic rings. The fraction of sp³-hybridized carbons (Fsp3) is 0.400. The summed E-state index contributed by atoms with van der Waals surface area (Å²) in [5.74, 6) is -1.05. The molecule has 1 aromatic carbocycles. The molecule has 0 spiro atoms. The number of hydroxylamine groups is 2. The van der Waals surface area contributed by atoms with E-state index < -0.39 is 18.0 Å². The third-order valence-corrected chi connectivity index (χ3v) is 3.09. The molecule has 0 radical (unpaired) electrons. The predicted molar refractivity (Wildman–Crippen MR) is 72.8 cm³/mol. The van der Waals surface area contributed by atoms with Crippen molar-refractivity contribution in [3.63, 3.8) is 0 Å². The van der Waals surface area contributed by atoms with Crippen molar-refractivity contribution in [2.75, 3.05) is 0 Å². The van der Waals surface area contributed by atoms with Gasteiger partial charge in [0.1, 0.15) is 6.61 Å². The molecule has 1 saturated heterocycles. The van der Waals surface area contributed by atoms with Gasteiger partial charge in [-0.2, -0.15) is 0 Å². The maximum Gasteiger partial charge on any atom is 0.534 e. The summed E-state index contributed by atoms with van der Waals surface area (Å²) in [5, 5.41) is 0.465. The van der Waals surface area contributed by atoms with Crippen LogP contribution in [-0.4, -0.2) is 23.0 Å². The van der Waals surface area contributed by atoms with Gasteiger partial charge in [0.05, 0.1) is 0 Å². The molecule has 1 aliphatic heterocycles. The molecule has 1 heterocycles. The topological polar surface area (TPSA) is 72.9 Å². The number of ether oxygens (including phenoxy) is 1. The van der Waals surface area contributed by atoms with Gasteiger partial charge in [0.25, 0.3) is 11.8 Å². The van der Waals surface area contributed by atoms with Gasteiger partial charge < -0.3 is 4.74 Å². The molecule has 0 aromatic heterocycles. The van der Waals surface area contributed by atoms with E-state index in [1.807, 2.05) is 24.3 Å². The molecule has 0 bridgehead atoms. The number of rotatable bonds is 5. The van der Waals surface area contributed by atoms with E-state index in [0.29, 0.717) is 5.06 Å². The minimum Gasteiger partial charge on any atom is -0.428 e.